The molecule has 2 heterocycles. The van der Waals surface area contributed by atoms with Gasteiger partial charge in [0.25, 0.3) is 0 Å². The van der Waals surface area contributed by atoms with Crippen molar-refractivity contribution in [3.8, 4) is 17.2 Å². The number of carbonyl (C=O) groups excluding carboxylic acids is 2. The number of aryl methyl sites for hydroxylation is 1. The summed E-state index contributed by atoms with van der Waals surface area (Å²) >= 11 is 6.17. The standard InChI is InChI=1S/C30H34ClN5O6/c1-6-41-25-13-20(28-27(29(38)40-5)18(3)33-30(39)34-28)10-11-24(25)42-16-26(37)35-32-15-21-12-17(2)36(19(21)4)23-9-7-8-22(31)14-23/h7-15,26,28,35,37H,6,16H2,1-5H3,(H2,33,34,39)/b32-15-/t26-,28-/m0/s1. The molecule has 12 heteroatoms. The van der Waals surface area contributed by atoms with Crippen LogP contribution in [-0.2, 0) is 9.53 Å². The van der Waals surface area contributed by atoms with Crippen LogP contribution in [-0.4, -0.2) is 54.4 Å². The number of nitrogens with zero attached hydrogens (tertiary/aromatic N) is 2. The Labute approximate surface area is 249 Å². The Balaban J connectivity index is 1.43. The Hall–Kier alpha value is -4.48. The number of aromatic nitrogens is 1. The van der Waals surface area contributed by atoms with E-state index >= 15 is 0 Å². The second kappa shape index (κ2) is 13.5. The van der Waals surface area contributed by atoms with Crippen LogP contribution in [0.15, 0.2) is 64.9 Å². The average Bonchev–Trinajstić information content (AvgIpc) is 3.24. The van der Waals surface area contributed by atoms with Crippen molar-refractivity contribution < 1.29 is 28.9 Å². The van der Waals surface area contributed by atoms with Crippen molar-refractivity contribution in [3.63, 3.8) is 0 Å². The van der Waals surface area contributed by atoms with Gasteiger partial charge in [-0.25, -0.2) is 9.59 Å². The predicted octanol–water partition coefficient (Wildman–Crippen LogP) is 4.27. The molecule has 1 aliphatic heterocycles. The monoisotopic (exact) mass is 595 g/mol. The largest absolute Gasteiger partial charge is 0.490 e. The molecule has 0 aliphatic carbocycles. The van der Waals surface area contributed by atoms with E-state index in [1.807, 2.05) is 51.1 Å². The first-order valence-electron chi connectivity index (χ1n) is 13.3. The first-order chi connectivity index (χ1) is 20.1. The van der Waals surface area contributed by atoms with Gasteiger partial charge in [-0.3, -0.25) is 5.43 Å². The maximum absolute atomic E-state index is 12.4. The number of aliphatic hydroxyl groups is 1. The van der Waals surface area contributed by atoms with E-state index in [0.29, 0.717) is 34.4 Å². The molecule has 4 rings (SSSR count). The lowest BCUT2D eigenvalue weighted by atomic mass is 9.95. The highest BCUT2D eigenvalue weighted by Crippen LogP contribution is 2.35. The van der Waals surface area contributed by atoms with Crippen LogP contribution in [0.1, 0.15) is 42.4 Å². The van der Waals surface area contributed by atoms with Crippen molar-refractivity contribution in [2.45, 2.75) is 40.0 Å². The van der Waals surface area contributed by atoms with Crippen LogP contribution in [0.25, 0.3) is 5.69 Å². The fourth-order valence-electron chi connectivity index (χ4n) is 4.75. The molecule has 1 aliphatic rings. The smallest absolute Gasteiger partial charge is 0.337 e. The minimum atomic E-state index is -1.12. The number of hydrogen-bond donors (Lipinski definition) is 4. The summed E-state index contributed by atoms with van der Waals surface area (Å²) in [5, 5.41) is 20.6. The molecule has 42 heavy (non-hydrogen) atoms. The second-order valence-electron chi connectivity index (χ2n) is 9.56. The molecule has 2 amide bonds. The van der Waals surface area contributed by atoms with E-state index in [1.165, 1.54) is 7.11 Å². The normalized spacial score (nSPS) is 15.7. The lowest BCUT2D eigenvalue weighted by molar-refractivity contribution is -0.136. The molecule has 0 spiro atoms. The van der Waals surface area contributed by atoms with E-state index in [1.54, 1.807) is 31.3 Å². The minimum Gasteiger partial charge on any atom is -0.490 e. The van der Waals surface area contributed by atoms with Crippen LogP contribution < -0.4 is 25.5 Å². The number of esters is 1. The van der Waals surface area contributed by atoms with E-state index in [0.717, 1.165) is 22.6 Å². The van der Waals surface area contributed by atoms with Crippen LogP contribution in [0.3, 0.4) is 0 Å². The van der Waals surface area contributed by atoms with E-state index in [2.05, 4.69) is 25.7 Å². The quantitative estimate of drug-likeness (QED) is 0.112. The first-order valence-corrected chi connectivity index (χ1v) is 13.7. The number of halogens is 1. The van der Waals surface area contributed by atoms with Crippen molar-refractivity contribution in [1.29, 1.82) is 0 Å². The van der Waals surface area contributed by atoms with Gasteiger partial charge in [-0.05, 0) is 69.7 Å². The lowest BCUT2D eigenvalue weighted by Crippen LogP contribution is -2.45. The Morgan fingerprint density at radius 2 is 1.95 bits per heavy atom. The first kappa shape index (κ1) is 30.5. The Morgan fingerprint density at radius 3 is 2.67 bits per heavy atom. The third-order valence-corrected chi connectivity index (χ3v) is 6.87. The molecule has 0 fully saturated rings. The highest BCUT2D eigenvalue weighted by molar-refractivity contribution is 6.30. The maximum Gasteiger partial charge on any atom is 0.337 e. The number of hydrazone groups is 1. The number of hydrogen-bond acceptors (Lipinski definition) is 8. The van der Waals surface area contributed by atoms with Gasteiger partial charge in [0.05, 0.1) is 31.5 Å². The second-order valence-corrected chi connectivity index (χ2v) is 9.99. The van der Waals surface area contributed by atoms with Gasteiger partial charge in [0.1, 0.15) is 6.61 Å². The number of ether oxygens (including phenoxy) is 3. The SMILES string of the molecule is CCOc1cc([C@@H]2NC(=O)NC(C)=C2C(=O)OC)ccc1OC[C@H](O)N/N=C\c1cc(C)n(-c2cccc(Cl)c2)c1C. The number of carbonyl (C=O) groups is 2. The van der Waals surface area contributed by atoms with Gasteiger partial charge in [-0.1, -0.05) is 23.7 Å². The highest BCUT2D eigenvalue weighted by Gasteiger charge is 2.32. The molecule has 2 aromatic carbocycles. The molecular formula is C30H34ClN5O6. The minimum absolute atomic E-state index is 0.130. The fourth-order valence-corrected chi connectivity index (χ4v) is 4.93. The summed E-state index contributed by atoms with van der Waals surface area (Å²) in [6.45, 7) is 7.64. The molecule has 11 nitrogen and oxygen atoms in total. The number of amides is 2. The van der Waals surface area contributed by atoms with Gasteiger partial charge in [0, 0.05) is 33.4 Å². The van der Waals surface area contributed by atoms with Crippen LogP contribution in [0.2, 0.25) is 5.02 Å². The molecule has 1 aromatic heterocycles. The molecule has 2 atom stereocenters. The third-order valence-electron chi connectivity index (χ3n) is 6.64. The van der Waals surface area contributed by atoms with Crippen molar-refractivity contribution in [2.75, 3.05) is 20.3 Å². The number of urea groups is 1. The number of allylic oxidation sites excluding steroid dienone is 1. The van der Waals surface area contributed by atoms with Crippen molar-refractivity contribution in [1.82, 2.24) is 20.6 Å². The molecule has 0 saturated carbocycles. The molecule has 3 aromatic rings. The number of methoxy groups -OCH3 is 1. The van der Waals surface area contributed by atoms with Crippen LogP contribution in [0, 0.1) is 13.8 Å². The zero-order chi connectivity index (χ0) is 30.4. The van der Waals surface area contributed by atoms with Gasteiger partial charge < -0.3 is 34.5 Å². The van der Waals surface area contributed by atoms with E-state index in [9.17, 15) is 14.7 Å². The van der Waals surface area contributed by atoms with E-state index in [4.69, 9.17) is 25.8 Å². The summed E-state index contributed by atoms with van der Waals surface area (Å²) in [7, 11) is 1.28. The number of benzene rings is 2. The van der Waals surface area contributed by atoms with Crippen molar-refractivity contribution in [2.24, 2.45) is 5.10 Å². The number of rotatable bonds is 11. The summed E-state index contributed by atoms with van der Waals surface area (Å²) in [5.41, 5.74) is 7.75. The fraction of sp³-hybridized carbons (Fsp3) is 0.300. The maximum atomic E-state index is 12.4. The van der Waals surface area contributed by atoms with Crippen molar-refractivity contribution >= 4 is 29.8 Å². The Kier molecular flexibility index (Phi) is 9.76. The van der Waals surface area contributed by atoms with E-state index < -0.39 is 24.3 Å². The number of nitrogens with one attached hydrogen (secondary N) is 3. The van der Waals surface area contributed by atoms with Crippen molar-refractivity contribution in [3.05, 3.63) is 87.3 Å². The summed E-state index contributed by atoms with van der Waals surface area (Å²) in [5.74, 6) is 0.189. The van der Waals surface area contributed by atoms with Gasteiger partial charge in [0.2, 0.25) is 0 Å². The van der Waals surface area contributed by atoms with Gasteiger partial charge in [-0.15, -0.1) is 0 Å². The zero-order valence-electron chi connectivity index (χ0n) is 24.0. The molecule has 4 N–H and O–H groups in total. The predicted molar refractivity (Wildman–Crippen MR) is 159 cm³/mol. The molecular weight excluding hydrogens is 562 g/mol. The van der Waals surface area contributed by atoms with E-state index in [-0.39, 0.29) is 12.2 Å². The van der Waals surface area contributed by atoms with Crippen LogP contribution in [0.4, 0.5) is 4.79 Å². The highest BCUT2D eigenvalue weighted by atomic mass is 35.5. The Bertz CT molecular complexity index is 1530. The summed E-state index contributed by atoms with van der Waals surface area (Å²) < 4.78 is 18.6. The molecule has 0 radical (unpaired) electrons. The van der Waals surface area contributed by atoms with Gasteiger partial charge >= 0.3 is 12.0 Å². The summed E-state index contributed by atoms with van der Waals surface area (Å²) in [4.78, 5) is 24.6. The molecule has 0 saturated heterocycles. The molecule has 0 bridgehead atoms. The van der Waals surface area contributed by atoms with Crippen LogP contribution in [0.5, 0.6) is 11.5 Å². The lowest BCUT2D eigenvalue weighted by Gasteiger charge is -2.28. The Morgan fingerprint density at radius 1 is 1.17 bits per heavy atom. The summed E-state index contributed by atoms with van der Waals surface area (Å²) in [6.07, 6.45) is 0.515. The third kappa shape index (κ3) is 6.87. The molecule has 222 valence electrons. The zero-order valence-corrected chi connectivity index (χ0v) is 24.8. The van der Waals surface area contributed by atoms with Gasteiger partial charge in [0.15, 0.2) is 17.7 Å². The summed E-state index contributed by atoms with van der Waals surface area (Å²) in [6, 6.07) is 13.4. The molecule has 0 unspecified atom stereocenters. The topological polar surface area (TPSA) is 135 Å². The average molecular weight is 596 g/mol. The number of aliphatic hydroxyl groups excluding tert-OH is 1. The van der Waals surface area contributed by atoms with Crippen LogP contribution >= 0.6 is 11.6 Å². The van der Waals surface area contributed by atoms with Gasteiger partial charge in [-0.2, -0.15) is 5.10 Å².